The fraction of sp³-hybridized carbons (Fsp3) is 0.778. The van der Waals surface area contributed by atoms with Crippen molar-refractivity contribution in [2.75, 3.05) is 26.7 Å². The van der Waals surface area contributed by atoms with Crippen molar-refractivity contribution in [1.29, 1.82) is 0 Å². The summed E-state index contributed by atoms with van der Waals surface area (Å²) < 4.78 is 0. The molecule has 0 aromatic carbocycles. The van der Waals surface area contributed by atoms with Crippen LogP contribution in [0.5, 0.6) is 0 Å². The van der Waals surface area contributed by atoms with Crippen molar-refractivity contribution in [3.63, 3.8) is 0 Å². The van der Waals surface area contributed by atoms with Crippen LogP contribution in [0.2, 0.25) is 0 Å². The van der Waals surface area contributed by atoms with Crippen molar-refractivity contribution in [2.45, 2.75) is 6.92 Å². The molecule has 1 heterocycles. The minimum atomic E-state index is -0.169. The topological polar surface area (TPSA) is 70.2 Å². The Morgan fingerprint density at radius 2 is 2.14 bits per heavy atom. The summed E-state index contributed by atoms with van der Waals surface area (Å²) in [6.45, 7) is 3.68. The molecule has 0 saturated carbocycles. The number of amides is 2. The number of rotatable bonds is 3. The monoisotopic (exact) mass is 199 g/mol. The predicted octanol–water partition coefficient (Wildman–Crippen LogP) is -1.30. The fourth-order valence-corrected chi connectivity index (χ4v) is 1.55. The molecule has 3 N–H and O–H groups in total. The smallest absolute Gasteiger partial charge is 0.239 e. The fourth-order valence-electron chi connectivity index (χ4n) is 1.55. The number of hydrogen-bond donors (Lipinski definition) is 3. The Hall–Kier alpha value is -1.10. The molecule has 14 heavy (non-hydrogen) atoms. The lowest BCUT2D eigenvalue weighted by atomic mass is 9.97. The zero-order valence-corrected chi connectivity index (χ0v) is 8.59. The van der Waals surface area contributed by atoms with Crippen molar-refractivity contribution in [3.05, 3.63) is 0 Å². The van der Waals surface area contributed by atoms with Crippen LogP contribution in [0.25, 0.3) is 0 Å². The van der Waals surface area contributed by atoms with Gasteiger partial charge in [0.25, 0.3) is 0 Å². The maximum atomic E-state index is 11.5. The number of carbonyl (C=O) groups is 2. The van der Waals surface area contributed by atoms with Crippen molar-refractivity contribution in [3.8, 4) is 0 Å². The molecule has 1 rings (SSSR count). The Labute approximate surface area is 83.6 Å². The summed E-state index contributed by atoms with van der Waals surface area (Å²) >= 11 is 0. The molecule has 0 spiro atoms. The van der Waals surface area contributed by atoms with Gasteiger partial charge in [-0.25, -0.2) is 0 Å². The average Bonchev–Trinajstić information content (AvgIpc) is 2.60. The summed E-state index contributed by atoms with van der Waals surface area (Å²) in [5.74, 6) is 0.141. The third-order valence-electron chi connectivity index (χ3n) is 2.56. The van der Waals surface area contributed by atoms with Gasteiger partial charge < -0.3 is 16.0 Å². The lowest BCUT2D eigenvalue weighted by Gasteiger charge is -2.13. The van der Waals surface area contributed by atoms with Crippen LogP contribution in [0, 0.1) is 11.8 Å². The van der Waals surface area contributed by atoms with Crippen LogP contribution in [0.4, 0.5) is 0 Å². The molecule has 2 atom stereocenters. The number of carbonyl (C=O) groups excluding carboxylic acids is 2. The Morgan fingerprint density at radius 3 is 2.64 bits per heavy atom. The Morgan fingerprint density at radius 1 is 1.43 bits per heavy atom. The normalized spacial score (nSPS) is 25.9. The predicted molar refractivity (Wildman–Crippen MR) is 52.6 cm³/mol. The van der Waals surface area contributed by atoms with Crippen LogP contribution >= 0.6 is 0 Å². The largest absolute Gasteiger partial charge is 0.358 e. The third kappa shape index (κ3) is 2.70. The molecule has 5 nitrogen and oxygen atoms in total. The SMILES string of the molecule is CNC(=O)CNC(=O)[C@@H]1CNC[C@H]1C. The van der Waals surface area contributed by atoms with Gasteiger partial charge in [-0.1, -0.05) is 6.92 Å². The van der Waals surface area contributed by atoms with Gasteiger partial charge in [0, 0.05) is 13.6 Å². The van der Waals surface area contributed by atoms with Crippen molar-refractivity contribution in [1.82, 2.24) is 16.0 Å². The summed E-state index contributed by atoms with van der Waals surface area (Å²) in [6.07, 6.45) is 0. The Kier molecular flexibility index (Phi) is 3.88. The molecule has 5 heteroatoms. The van der Waals surface area contributed by atoms with Gasteiger partial charge in [-0.05, 0) is 12.5 Å². The second-order valence-corrected chi connectivity index (χ2v) is 3.63. The average molecular weight is 199 g/mol. The molecule has 1 fully saturated rings. The van der Waals surface area contributed by atoms with Gasteiger partial charge in [0.05, 0.1) is 12.5 Å². The first-order valence-electron chi connectivity index (χ1n) is 4.84. The number of likely N-dealkylation sites (N-methyl/N-ethyl adjacent to an activating group) is 1. The molecule has 0 aromatic rings. The lowest BCUT2D eigenvalue weighted by molar-refractivity contribution is -0.128. The highest BCUT2D eigenvalue weighted by Crippen LogP contribution is 2.15. The van der Waals surface area contributed by atoms with Crippen LogP contribution in [0.15, 0.2) is 0 Å². The van der Waals surface area contributed by atoms with E-state index in [-0.39, 0.29) is 24.3 Å². The van der Waals surface area contributed by atoms with E-state index in [1.54, 1.807) is 7.05 Å². The maximum absolute atomic E-state index is 11.5. The van der Waals surface area contributed by atoms with Gasteiger partial charge in [-0.2, -0.15) is 0 Å². The molecular weight excluding hydrogens is 182 g/mol. The van der Waals surface area contributed by atoms with Gasteiger partial charge in [0.2, 0.25) is 11.8 Å². The first kappa shape index (κ1) is 11.0. The second kappa shape index (κ2) is 4.95. The number of hydrogen-bond acceptors (Lipinski definition) is 3. The van der Waals surface area contributed by atoms with Crippen molar-refractivity contribution < 1.29 is 9.59 Å². The van der Waals surface area contributed by atoms with E-state index in [0.717, 1.165) is 6.54 Å². The summed E-state index contributed by atoms with van der Waals surface area (Å²) in [6, 6.07) is 0. The van der Waals surface area contributed by atoms with E-state index < -0.39 is 0 Å². The Balaban J connectivity index is 2.31. The van der Waals surface area contributed by atoms with Gasteiger partial charge in [0.1, 0.15) is 0 Å². The van der Waals surface area contributed by atoms with E-state index in [1.807, 2.05) is 6.92 Å². The molecule has 0 aliphatic carbocycles. The lowest BCUT2D eigenvalue weighted by Crippen LogP contribution is -2.40. The molecule has 1 saturated heterocycles. The maximum Gasteiger partial charge on any atom is 0.239 e. The van der Waals surface area contributed by atoms with Gasteiger partial charge in [-0.15, -0.1) is 0 Å². The van der Waals surface area contributed by atoms with Gasteiger partial charge in [0.15, 0.2) is 0 Å². The summed E-state index contributed by atoms with van der Waals surface area (Å²) in [5.41, 5.74) is 0. The molecule has 1 aliphatic heterocycles. The third-order valence-corrected chi connectivity index (χ3v) is 2.56. The first-order valence-corrected chi connectivity index (χ1v) is 4.84. The molecule has 0 unspecified atom stereocenters. The van der Waals surface area contributed by atoms with E-state index in [2.05, 4.69) is 16.0 Å². The van der Waals surface area contributed by atoms with Crippen LogP contribution in [0.1, 0.15) is 6.92 Å². The molecule has 1 aliphatic rings. The highest BCUT2D eigenvalue weighted by Gasteiger charge is 2.29. The van der Waals surface area contributed by atoms with Gasteiger partial charge in [-0.3, -0.25) is 9.59 Å². The van der Waals surface area contributed by atoms with E-state index >= 15 is 0 Å². The van der Waals surface area contributed by atoms with Crippen LogP contribution < -0.4 is 16.0 Å². The van der Waals surface area contributed by atoms with Crippen LogP contribution in [0.3, 0.4) is 0 Å². The summed E-state index contributed by atoms with van der Waals surface area (Å²) in [7, 11) is 1.55. The zero-order valence-electron chi connectivity index (χ0n) is 8.59. The van der Waals surface area contributed by atoms with E-state index in [1.165, 1.54) is 0 Å². The minimum absolute atomic E-state index is 0.000318. The van der Waals surface area contributed by atoms with Crippen LogP contribution in [-0.2, 0) is 9.59 Å². The van der Waals surface area contributed by atoms with E-state index in [9.17, 15) is 9.59 Å². The summed E-state index contributed by atoms with van der Waals surface area (Å²) in [4.78, 5) is 22.4. The van der Waals surface area contributed by atoms with E-state index in [0.29, 0.717) is 12.5 Å². The second-order valence-electron chi connectivity index (χ2n) is 3.63. The Bertz CT molecular complexity index is 230. The molecule has 0 radical (unpaired) electrons. The molecular formula is C9H17N3O2. The van der Waals surface area contributed by atoms with Gasteiger partial charge >= 0.3 is 0 Å². The molecule has 0 aromatic heterocycles. The van der Waals surface area contributed by atoms with E-state index in [4.69, 9.17) is 0 Å². The number of nitrogens with one attached hydrogen (secondary N) is 3. The van der Waals surface area contributed by atoms with Crippen LogP contribution in [-0.4, -0.2) is 38.5 Å². The molecule has 80 valence electrons. The highest BCUT2D eigenvalue weighted by molar-refractivity contribution is 5.86. The van der Waals surface area contributed by atoms with Crippen molar-refractivity contribution in [2.24, 2.45) is 11.8 Å². The first-order chi connectivity index (χ1) is 6.65. The standard InChI is InChI=1S/C9H17N3O2/c1-6-3-11-4-7(6)9(14)12-5-8(13)10-2/h6-7,11H,3-5H2,1-2H3,(H,10,13)(H,12,14)/t6-,7-/m1/s1. The summed E-state index contributed by atoms with van der Waals surface area (Å²) in [5, 5.41) is 8.21. The van der Waals surface area contributed by atoms with Crippen molar-refractivity contribution >= 4 is 11.8 Å². The molecule has 0 bridgehead atoms. The quantitative estimate of drug-likeness (QED) is 0.529. The minimum Gasteiger partial charge on any atom is -0.358 e. The highest BCUT2D eigenvalue weighted by atomic mass is 16.2. The zero-order chi connectivity index (χ0) is 10.6. The molecule has 2 amide bonds.